The molecular weight excluding hydrogens is 635 g/mol. The number of aryl methyl sites for hydroxylation is 2. The molecule has 0 spiro atoms. The van der Waals surface area contributed by atoms with Gasteiger partial charge >= 0.3 is 0 Å². The third kappa shape index (κ3) is 9.29. The highest BCUT2D eigenvalue weighted by Crippen LogP contribution is 2.28. The number of hydrogen-bond acceptors (Lipinski definition) is 5. The van der Waals surface area contributed by atoms with Gasteiger partial charge in [-0.15, -0.1) is 0 Å². The molecule has 1 N–H and O–H groups in total. The van der Waals surface area contributed by atoms with E-state index >= 15 is 0 Å². The molecule has 0 unspecified atom stereocenters. The van der Waals surface area contributed by atoms with Crippen molar-refractivity contribution in [1.82, 2.24) is 10.2 Å². The van der Waals surface area contributed by atoms with Gasteiger partial charge in [-0.2, -0.15) is 0 Å². The molecule has 9 heteroatoms. The van der Waals surface area contributed by atoms with Crippen LogP contribution in [0.25, 0.3) is 0 Å². The molecule has 49 heavy (non-hydrogen) atoms. The Bertz CT molecular complexity index is 1790. The van der Waals surface area contributed by atoms with E-state index in [1.165, 1.54) is 0 Å². The van der Waals surface area contributed by atoms with Gasteiger partial charge in [0.2, 0.25) is 11.8 Å². The molecule has 0 radical (unpaired) electrons. The molecule has 4 aromatic carbocycles. The van der Waals surface area contributed by atoms with Gasteiger partial charge in [-0.25, -0.2) is 8.42 Å². The van der Waals surface area contributed by atoms with Crippen LogP contribution in [0.15, 0.2) is 108 Å². The summed E-state index contributed by atoms with van der Waals surface area (Å²) in [6.07, 6.45) is 5.33. The first-order valence-corrected chi connectivity index (χ1v) is 18.6. The van der Waals surface area contributed by atoms with Gasteiger partial charge in [0.05, 0.1) is 17.2 Å². The van der Waals surface area contributed by atoms with Gasteiger partial charge in [0.25, 0.3) is 10.0 Å². The Morgan fingerprint density at radius 1 is 0.837 bits per heavy atom. The number of nitrogens with one attached hydrogen (secondary N) is 1. The van der Waals surface area contributed by atoms with Crippen molar-refractivity contribution in [2.75, 3.05) is 17.5 Å². The Morgan fingerprint density at radius 2 is 1.49 bits per heavy atom. The molecule has 8 nitrogen and oxygen atoms in total. The molecule has 1 fully saturated rings. The van der Waals surface area contributed by atoms with E-state index in [0.717, 1.165) is 58.7 Å². The van der Waals surface area contributed by atoms with Crippen LogP contribution in [0.2, 0.25) is 0 Å². The predicted molar refractivity (Wildman–Crippen MR) is 194 cm³/mol. The molecule has 0 saturated heterocycles. The molecule has 4 aromatic rings. The summed E-state index contributed by atoms with van der Waals surface area (Å²) in [7, 11) is -4.19. The lowest BCUT2D eigenvalue weighted by Crippen LogP contribution is -2.55. The van der Waals surface area contributed by atoms with E-state index in [4.69, 9.17) is 4.74 Å². The molecule has 2 amide bonds. The average molecular weight is 682 g/mol. The lowest BCUT2D eigenvalue weighted by atomic mass is 9.94. The van der Waals surface area contributed by atoms with Crippen molar-refractivity contribution in [2.45, 2.75) is 82.8 Å². The number of sulfonamides is 1. The normalized spacial score (nSPS) is 14.1. The molecule has 5 rings (SSSR count). The lowest BCUT2D eigenvalue weighted by molar-refractivity contribution is -0.140. The summed E-state index contributed by atoms with van der Waals surface area (Å²) in [6.45, 7) is 5.84. The highest BCUT2D eigenvalue weighted by molar-refractivity contribution is 7.92. The monoisotopic (exact) mass is 681 g/mol. The molecule has 258 valence electrons. The van der Waals surface area contributed by atoms with Crippen molar-refractivity contribution >= 4 is 27.5 Å². The maximum absolute atomic E-state index is 14.8. The lowest BCUT2D eigenvalue weighted by Gasteiger charge is -2.35. The van der Waals surface area contributed by atoms with Crippen molar-refractivity contribution in [2.24, 2.45) is 0 Å². The number of anilines is 1. The van der Waals surface area contributed by atoms with E-state index in [2.05, 4.69) is 5.32 Å². The Kier molecular flexibility index (Phi) is 12.1. The van der Waals surface area contributed by atoms with Gasteiger partial charge in [-0.1, -0.05) is 91.6 Å². The van der Waals surface area contributed by atoms with Gasteiger partial charge in [0.15, 0.2) is 0 Å². The zero-order chi connectivity index (χ0) is 34.8. The SMILES string of the molecule is CCOc1ccc(N(CC(=O)N(Cc2ccccc2C)[C@H](Cc2ccccc2)C(=O)NC2CCCCC2)S(=O)(=O)c2ccc(C)cc2)cc1. The van der Waals surface area contributed by atoms with Crippen molar-refractivity contribution in [1.29, 1.82) is 0 Å². The standard InChI is InChI=1S/C40H47N3O5S/c1-4-48-36-23-21-35(22-24-36)43(49(46,47)37-25-19-30(2)20-26-37)29-39(44)42(28-33-16-12-11-13-31(33)3)38(27-32-14-7-5-8-15-32)40(45)41-34-17-9-6-10-18-34/h5,7-8,11-16,19-26,34,38H,4,6,9-10,17-18,27-29H2,1-3H3,(H,41,45)/t38-/m1/s1. The highest BCUT2D eigenvalue weighted by atomic mass is 32.2. The number of rotatable bonds is 14. The molecule has 0 heterocycles. The number of benzene rings is 4. The maximum atomic E-state index is 14.8. The first-order valence-electron chi connectivity index (χ1n) is 17.2. The van der Waals surface area contributed by atoms with E-state index in [-0.39, 0.29) is 29.8 Å². The summed E-state index contributed by atoms with van der Waals surface area (Å²) < 4.78 is 35.4. The fourth-order valence-corrected chi connectivity index (χ4v) is 7.72. The number of carbonyl (C=O) groups is 2. The van der Waals surface area contributed by atoms with Crippen molar-refractivity contribution in [3.05, 3.63) is 125 Å². The number of amides is 2. The third-order valence-corrected chi connectivity index (χ3v) is 10.9. The van der Waals surface area contributed by atoms with Crippen molar-refractivity contribution < 1.29 is 22.7 Å². The smallest absolute Gasteiger partial charge is 0.264 e. The van der Waals surface area contributed by atoms with E-state index in [0.29, 0.717) is 18.0 Å². The van der Waals surface area contributed by atoms with Crippen molar-refractivity contribution in [3.63, 3.8) is 0 Å². The van der Waals surface area contributed by atoms with Gasteiger partial charge in [-0.05, 0) is 86.7 Å². The number of hydrogen-bond donors (Lipinski definition) is 1. The van der Waals surface area contributed by atoms with Crippen LogP contribution in [0.3, 0.4) is 0 Å². The topological polar surface area (TPSA) is 96.0 Å². The van der Waals surface area contributed by atoms with Gasteiger partial charge in [-0.3, -0.25) is 13.9 Å². The van der Waals surface area contributed by atoms with Crippen LogP contribution in [0.1, 0.15) is 61.3 Å². The van der Waals surface area contributed by atoms with E-state index < -0.39 is 28.5 Å². The zero-order valence-electron chi connectivity index (χ0n) is 28.7. The second-order valence-corrected chi connectivity index (χ2v) is 14.6. The minimum absolute atomic E-state index is 0.0391. The molecule has 1 aliphatic carbocycles. The first kappa shape index (κ1) is 35.7. The largest absolute Gasteiger partial charge is 0.494 e. The summed E-state index contributed by atoms with van der Waals surface area (Å²) in [5.41, 5.74) is 4.00. The Hall–Kier alpha value is -4.63. The van der Waals surface area contributed by atoms with Crippen LogP contribution in [-0.2, 0) is 32.6 Å². The van der Waals surface area contributed by atoms with Crippen molar-refractivity contribution in [3.8, 4) is 5.75 Å². The van der Waals surface area contributed by atoms with E-state index in [9.17, 15) is 18.0 Å². The first-order chi connectivity index (χ1) is 23.7. The molecule has 1 atom stereocenters. The Balaban J connectivity index is 1.57. The molecule has 0 aromatic heterocycles. The van der Waals surface area contributed by atoms with E-state index in [1.54, 1.807) is 53.4 Å². The molecule has 0 bridgehead atoms. The number of carbonyl (C=O) groups excluding carboxylic acids is 2. The van der Waals surface area contributed by atoms with Gasteiger partial charge < -0.3 is 15.0 Å². The number of nitrogens with zero attached hydrogens (tertiary/aromatic N) is 2. The number of ether oxygens (including phenoxy) is 1. The fraction of sp³-hybridized carbons (Fsp3) is 0.350. The quantitative estimate of drug-likeness (QED) is 0.155. The third-order valence-electron chi connectivity index (χ3n) is 9.15. The van der Waals surface area contributed by atoms with Gasteiger partial charge in [0.1, 0.15) is 18.3 Å². The van der Waals surface area contributed by atoms with Gasteiger partial charge in [0, 0.05) is 19.0 Å². The van der Waals surface area contributed by atoms with Crippen LogP contribution >= 0.6 is 0 Å². The highest BCUT2D eigenvalue weighted by Gasteiger charge is 2.35. The fourth-order valence-electron chi connectivity index (χ4n) is 6.31. The zero-order valence-corrected chi connectivity index (χ0v) is 29.5. The average Bonchev–Trinajstić information content (AvgIpc) is 3.11. The summed E-state index contributed by atoms with van der Waals surface area (Å²) in [4.78, 5) is 30.7. The molecule has 1 saturated carbocycles. The second-order valence-electron chi connectivity index (χ2n) is 12.7. The molecule has 0 aliphatic heterocycles. The van der Waals surface area contributed by atoms with E-state index in [1.807, 2.05) is 75.4 Å². The summed E-state index contributed by atoms with van der Waals surface area (Å²) in [5, 5.41) is 3.26. The minimum Gasteiger partial charge on any atom is -0.494 e. The van der Waals surface area contributed by atoms with Crippen LogP contribution in [-0.4, -0.2) is 50.4 Å². The molecular formula is C40H47N3O5S. The van der Waals surface area contributed by atoms with Crippen LogP contribution in [0, 0.1) is 13.8 Å². The summed E-state index contributed by atoms with van der Waals surface area (Å²) in [5.74, 6) is -0.118. The minimum atomic E-state index is -4.19. The second kappa shape index (κ2) is 16.7. The predicted octanol–water partition coefficient (Wildman–Crippen LogP) is 6.99. The maximum Gasteiger partial charge on any atom is 0.264 e. The van der Waals surface area contributed by atoms with Crippen LogP contribution in [0.5, 0.6) is 5.75 Å². The Labute approximate surface area is 291 Å². The molecule has 1 aliphatic rings. The van der Waals surface area contributed by atoms with Crippen LogP contribution < -0.4 is 14.4 Å². The van der Waals surface area contributed by atoms with Crippen LogP contribution in [0.4, 0.5) is 5.69 Å². The Morgan fingerprint density at radius 3 is 2.14 bits per heavy atom. The summed E-state index contributed by atoms with van der Waals surface area (Å²) >= 11 is 0. The summed E-state index contributed by atoms with van der Waals surface area (Å²) in [6, 6.07) is 29.8.